The summed E-state index contributed by atoms with van der Waals surface area (Å²) in [6.07, 6.45) is 0.460. The molecule has 0 unspecified atom stereocenters. The average Bonchev–Trinajstić information content (AvgIpc) is 2.21. The number of aryl methyl sites for hydroxylation is 1. The highest BCUT2D eigenvalue weighted by molar-refractivity contribution is 7.92. The molecule has 0 amide bonds. The largest absolute Gasteiger partial charge is 0.282 e. The van der Waals surface area contributed by atoms with Crippen LogP contribution in [0.2, 0.25) is 5.02 Å². The van der Waals surface area contributed by atoms with Crippen LogP contribution in [0.4, 0.5) is 5.69 Å². The van der Waals surface area contributed by atoms with Gasteiger partial charge in [-0.05, 0) is 31.0 Å². The first-order valence-electron chi connectivity index (χ1n) is 5.40. The molecule has 3 N–H and O–H groups in total. The molecule has 0 heterocycles. The van der Waals surface area contributed by atoms with Gasteiger partial charge in [0, 0.05) is 0 Å². The van der Waals surface area contributed by atoms with E-state index in [4.69, 9.17) is 16.7 Å². The minimum atomic E-state index is -3.88. The van der Waals surface area contributed by atoms with Crippen LogP contribution in [0.25, 0.3) is 0 Å². The lowest BCUT2D eigenvalue weighted by atomic mass is 10.2. The normalized spacial score (nSPS) is 12.4. The fourth-order valence-electron chi connectivity index (χ4n) is 1.48. The van der Waals surface area contributed by atoms with E-state index in [0.717, 1.165) is 6.07 Å². The van der Waals surface area contributed by atoms with Crippen molar-refractivity contribution in [3.05, 3.63) is 22.7 Å². The van der Waals surface area contributed by atoms with Crippen molar-refractivity contribution in [2.45, 2.75) is 25.2 Å². The summed E-state index contributed by atoms with van der Waals surface area (Å²) in [5.74, 6) is -0.0420. The molecule has 6 nitrogen and oxygen atoms in total. The Morgan fingerprint density at radius 1 is 1.26 bits per heavy atom. The zero-order valence-corrected chi connectivity index (χ0v) is 12.9. The number of rotatable bonds is 5. The second kappa shape index (κ2) is 5.66. The van der Waals surface area contributed by atoms with E-state index in [-0.39, 0.29) is 21.4 Å². The van der Waals surface area contributed by atoms with Crippen molar-refractivity contribution in [2.75, 3.05) is 10.5 Å². The number of nitrogens with two attached hydrogens (primary N) is 1. The topological polar surface area (TPSA) is 106 Å². The monoisotopic (exact) mass is 326 g/mol. The maximum Gasteiger partial charge on any atom is 0.238 e. The van der Waals surface area contributed by atoms with Gasteiger partial charge in [-0.3, -0.25) is 4.72 Å². The number of hydrogen-bond acceptors (Lipinski definition) is 4. The summed E-state index contributed by atoms with van der Waals surface area (Å²) in [7, 11) is -7.37. The number of sulfonamides is 2. The Bertz CT molecular complexity index is 660. The Labute approximate surface area is 118 Å². The van der Waals surface area contributed by atoms with Crippen LogP contribution in [0.3, 0.4) is 0 Å². The van der Waals surface area contributed by atoms with Crippen molar-refractivity contribution < 1.29 is 16.8 Å². The molecular weight excluding hydrogens is 312 g/mol. The lowest BCUT2D eigenvalue weighted by Crippen LogP contribution is -2.18. The summed E-state index contributed by atoms with van der Waals surface area (Å²) in [6, 6.07) is 2.39. The van der Waals surface area contributed by atoms with Crippen LogP contribution in [0.1, 0.15) is 18.9 Å². The Balaban J connectivity index is 3.26. The third kappa shape index (κ3) is 4.34. The van der Waals surface area contributed by atoms with Gasteiger partial charge in [0.25, 0.3) is 0 Å². The fraction of sp³-hybridized carbons (Fsp3) is 0.400. The zero-order chi connectivity index (χ0) is 14.8. The van der Waals surface area contributed by atoms with Gasteiger partial charge < -0.3 is 0 Å². The van der Waals surface area contributed by atoms with E-state index >= 15 is 0 Å². The van der Waals surface area contributed by atoms with Gasteiger partial charge in [-0.15, -0.1) is 0 Å². The highest BCUT2D eigenvalue weighted by atomic mass is 35.5. The van der Waals surface area contributed by atoms with Crippen LogP contribution in [-0.2, 0) is 20.0 Å². The van der Waals surface area contributed by atoms with Gasteiger partial charge in [-0.1, -0.05) is 18.5 Å². The predicted octanol–water partition coefficient (Wildman–Crippen LogP) is 1.45. The molecule has 19 heavy (non-hydrogen) atoms. The molecular formula is C10H15ClN2O4S2. The molecule has 0 spiro atoms. The number of benzene rings is 1. The van der Waals surface area contributed by atoms with Crippen molar-refractivity contribution in [3.63, 3.8) is 0 Å². The van der Waals surface area contributed by atoms with Crippen LogP contribution in [0, 0.1) is 6.92 Å². The third-order valence-corrected chi connectivity index (χ3v) is 4.97. The molecule has 0 aliphatic heterocycles. The van der Waals surface area contributed by atoms with E-state index in [9.17, 15) is 16.8 Å². The maximum atomic E-state index is 11.7. The fourth-order valence-corrected chi connectivity index (χ4v) is 3.76. The number of primary sulfonamides is 1. The first-order chi connectivity index (χ1) is 8.57. The van der Waals surface area contributed by atoms with E-state index < -0.39 is 20.0 Å². The summed E-state index contributed by atoms with van der Waals surface area (Å²) >= 11 is 5.90. The lowest BCUT2D eigenvalue weighted by Gasteiger charge is -2.13. The van der Waals surface area contributed by atoms with Gasteiger partial charge in [0.05, 0.1) is 21.4 Å². The van der Waals surface area contributed by atoms with E-state index in [2.05, 4.69) is 4.72 Å². The van der Waals surface area contributed by atoms with Crippen molar-refractivity contribution in [1.82, 2.24) is 0 Å². The Kier molecular flexibility index (Phi) is 4.83. The van der Waals surface area contributed by atoms with Crippen LogP contribution in [0.5, 0.6) is 0 Å². The molecule has 0 radical (unpaired) electrons. The van der Waals surface area contributed by atoms with Crippen molar-refractivity contribution >= 4 is 37.3 Å². The molecule has 1 aromatic rings. The standard InChI is InChI=1S/C10H15ClN2O4S2/c1-3-4-18(14,15)13-10-7(2)5-8(6-9(10)11)19(12,16)17/h5-6,13H,3-4H2,1-2H3,(H2,12,16,17). The van der Waals surface area contributed by atoms with Gasteiger partial charge >= 0.3 is 0 Å². The molecule has 0 aromatic heterocycles. The van der Waals surface area contributed by atoms with Gasteiger partial charge in [-0.2, -0.15) is 0 Å². The molecule has 0 saturated carbocycles. The minimum absolute atomic E-state index is 0.0105. The molecule has 9 heteroatoms. The van der Waals surface area contributed by atoms with E-state index in [1.807, 2.05) is 0 Å². The quantitative estimate of drug-likeness (QED) is 0.853. The highest BCUT2D eigenvalue weighted by Crippen LogP contribution is 2.29. The van der Waals surface area contributed by atoms with Crippen molar-refractivity contribution in [3.8, 4) is 0 Å². The Morgan fingerprint density at radius 3 is 2.26 bits per heavy atom. The third-order valence-electron chi connectivity index (χ3n) is 2.32. The van der Waals surface area contributed by atoms with Crippen molar-refractivity contribution in [1.29, 1.82) is 0 Å². The van der Waals surface area contributed by atoms with Gasteiger partial charge in [-0.25, -0.2) is 22.0 Å². The second-order valence-corrected chi connectivity index (χ2v) is 7.87. The summed E-state index contributed by atoms with van der Waals surface area (Å²) < 4.78 is 48.1. The molecule has 108 valence electrons. The SMILES string of the molecule is CCCS(=O)(=O)Nc1c(C)cc(S(N)(=O)=O)cc1Cl. The summed E-state index contributed by atoms with van der Waals surface area (Å²) in [6.45, 7) is 3.28. The van der Waals surface area contributed by atoms with Gasteiger partial charge in [0.2, 0.25) is 20.0 Å². The summed E-state index contributed by atoms with van der Waals surface area (Å²) in [5, 5.41) is 4.98. The molecule has 1 rings (SSSR count). The van der Waals surface area contributed by atoms with E-state index in [1.54, 1.807) is 13.8 Å². The van der Waals surface area contributed by atoms with Crippen LogP contribution in [0.15, 0.2) is 17.0 Å². The Morgan fingerprint density at radius 2 is 1.84 bits per heavy atom. The molecule has 0 bridgehead atoms. The predicted molar refractivity (Wildman–Crippen MR) is 75.3 cm³/mol. The Hall–Kier alpha value is -0.830. The van der Waals surface area contributed by atoms with E-state index in [0.29, 0.717) is 12.0 Å². The van der Waals surface area contributed by atoms with Gasteiger partial charge in [0.1, 0.15) is 0 Å². The minimum Gasteiger partial charge on any atom is -0.282 e. The molecule has 0 aliphatic rings. The van der Waals surface area contributed by atoms with Crippen LogP contribution >= 0.6 is 11.6 Å². The van der Waals surface area contributed by atoms with E-state index in [1.165, 1.54) is 6.07 Å². The number of hydrogen-bond donors (Lipinski definition) is 2. The van der Waals surface area contributed by atoms with Crippen LogP contribution < -0.4 is 9.86 Å². The molecule has 0 aliphatic carbocycles. The lowest BCUT2D eigenvalue weighted by molar-refractivity contribution is 0.597. The highest BCUT2D eigenvalue weighted by Gasteiger charge is 2.17. The summed E-state index contributed by atoms with van der Waals surface area (Å²) in [4.78, 5) is -0.159. The maximum absolute atomic E-state index is 11.7. The molecule has 1 aromatic carbocycles. The van der Waals surface area contributed by atoms with Gasteiger partial charge in [0.15, 0.2) is 0 Å². The zero-order valence-electron chi connectivity index (χ0n) is 10.5. The molecule has 0 saturated heterocycles. The molecule has 0 fully saturated rings. The van der Waals surface area contributed by atoms with Crippen molar-refractivity contribution in [2.24, 2.45) is 5.14 Å². The number of anilines is 1. The first kappa shape index (κ1) is 16.2. The second-order valence-electron chi connectivity index (χ2n) is 4.06. The smallest absolute Gasteiger partial charge is 0.238 e. The average molecular weight is 327 g/mol. The molecule has 0 atom stereocenters. The number of nitrogens with one attached hydrogen (secondary N) is 1. The first-order valence-corrected chi connectivity index (χ1v) is 8.98. The summed E-state index contributed by atoms with van der Waals surface area (Å²) in [5.41, 5.74) is 0.554. The number of halogens is 1. The van der Waals surface area contributed by atoms with Crippen LogP contribution in [-0.4, -0.2) is 22.6 Å².